The number of imidazole rings is 1. The SMILES string of the molecule is C=CCNC(=O)Cc1csc2nc(-c3ccccc3)cn12. The van der Waals surface area contributed by atoms with E-state index < -0.39 is 0 Å². The summed E-state index contributed by atoms with van der Waals surface area (Å²) in [5, 5.41) is 4.76. The minimum Gasteiger partial charge on any atom is -0.352 e. The molecule has 5 heteroatoms. The minimum atomic E-state index is -0.00967. The molecule has 0 atom stereocenters. The second-order valence-electron chi connectivity index (χ2n) is 4.64. The molecule has 0 aliphatic rings. The van der Waals surface area contributed by atoms with Gasteiger partial charge in [0.05, 0.1) is 12.1 Å². The van der Waals surface area contributed by atoms with E-state index in [2.05, 4.69) is 16.9 Å². The van der Waals surface area contributed by atoms with E-state index in [1.807, 2.05) is 46.3 Å². The fourth-order valence-electron chi connectivity index (χ4n) is 2.12. The van der Waals surface area contributed by atoms with Gasteiger partial charge in [0.25, 0.3) is 0 Å². The van der Waals surface area contributed by atoms with Crippen LogP contribution in [-0.4, -0.2) is 21.8 Å². The van der Waals surface area contributed by atoms with Crippen LogP contribution in [0.5, 0.6) is 0 Å². The molecular formula is C16H15N3OS. The molecule has 106 valence electrons. The van der Waals surface area contributed by atoms with Crippen LogP contribution in [0.4, 0.5) is 0 Å². The zero-order valence-electron chi connectivity index (χ0n) is 11.5. The fraction of sp³-hybridized carbons (Fsp3) is 0.125. The molecule has 0 spiro atoms. The van der Waals surface area contributed by atoms with E-state index in [1.165, 1.54) is 0 Å². The standard InChI is InChI=1S/C16H15N3OS/c1-2-8-17-15(20)9-13-11-21-16-18-14(10-19(13)16)12-6-4-3-5-7-12/h2-7,10-11H,1,8-9H2,(H,17,20). The van der Waals surface area contributed by atoms with Gasteiger partial charge < -0.3 is 5.32 Å². The monoisotopic (exact) mass is 297 g/mol. The molecule has 2 aromatic heterocycles. The highest BCUT2D eigenvalue weighted by molar-refractivity contribution is 7.15. The molecule has 0 unspecified atom stereocenters. The maximum atomic E-state index is 11.8. The molecule has 0 saturated carbocycles. The van der Waals surface area contributed by atoms with Crippen molar-refractivity contribution in [2.45, 2.75) is 6.42 Å². The largest absolute Gasteiger partial charge is 0.352 e. The van der Waals surface area contributed by atoms with Crippen molar-refractivity contribution in [2.75, 3.05) is 6.54 Å². The fourth-order valence-corrected chi connectivity index (χ4v) is 2.99. The molecule has 0 aliphatic heterocycles. The summed E-state index contributed by atoms with van der Waals surface area (Å²) in [7, 11) is 0. The van der Waals surface area contributed by atoms with Gasteiger partial charge in [-0.05, 0) is 0 Å². The lowest BCUT2D eigenvalue weighted by atomic mass is 10.2. The maximum Gasteiger partial charge on any atom is 0.226 e. The average molecular weight is 297 g/mol. The Bertz CT molecular complexity index is 773. The lowest BCUT2D eigenvalue weighted by Crippen LogP contribution is -2.25. The molecule has 0 saturated heterocycles. The normalized spacial score (nSPS) is 10.7. The molecule has 0 fully saturated rings. The topological polar surface area (TPSA) is 46.4 Å². The lowest BCUT2D eigenvalue weighted by Gasteiger charge is -2.01. The van der Waals surface area contributed by atoms with Gasteiger partial charge in [0.15, 0.2) is 4.96 Å². The summed E-state index contributed by atoms with van der Waals surface area (Å²) in [6.07, 6.45) is 4.00. The summed E-state index contributed by atoms with van der Waals surface area (Å²) in [4.78, 5) is 17.3. The Hall–Kier alpha value is -2.40. The first kappa shape index (κ1) is 13.6. The molecule has 0 bridgehead atoms. The molecule has 1 amide bonds. The van der Waals surface area contributed by atoms with Crippen LogP contribution in [0.15, 0.2) is 54.6 Å². The minimum absolute atomic E-state index is 0.00967. The number of fused-ring (bicyclic) bond motifs is 1. The number of aromatic nitrogens is 2. The van der Waals surface area contributed by atoms with Crippen molar-refractivity contribution in [3.8, 4) is 11.3 Å². The van der Waals surface area contributed by atoms with Crippen LogP contribution in [0.2, 0.25) is 0 Å². The second-order valence-corrected chi connectivity index (χ2v) is 5.48. The first-order valence-corrected chi connectivity index (χ1v) is 7.54. The van der Waals surface area contributed by atoms with Gasteiger partial charge in [0.2, 0.25) is 5.91 Å². The van der Waals surface area contributed by atoms with Crippen molar-refractivity contribution in [2.24, 2.45) is 0 Å². The van der Waals surface area contributed by atoms with Crippen molar-refractivity contribution in [3.05, 3.63) is 60.3 Å². The summed E-state index contributed by atoms with van der Waals surface area (Å²) in [5.74, 6) is -0.00967. The van der Waals surface area contributed by atoms with E-state index in [1.54, 1.807) is 17.4 Å². The number of thiazole rings is 1. The van der Waals surface area contributed by atoms with Gasteiger partial charge in [-0.3, -0.25) is 9.20 Å². The quantitative estimate of drug-likeness (QED) is 0.736. The van der Waals surface area contributed by atoms with Crippen LogP contribution >= 0.6 is 11.3 Å². The molecule has 2 heterocycles. The summed E-state index contributed by atoms with van der Waals surface area (Å²) in [6.45, 7) is 4.08. The predicted molar refractivity (Wildman–Crippen MR) is 85.4 cm³/mol. The van der Waals surface area contributed by atoms with Crippen molar-refractivity contribution in [3.63, 3.8) is 0 Å². The molecule has 4 nitrogen and oxygen atoms in total. The Morgan fingerprint density at radius 2 is 2.19 bits per heavy atom. The Kier molecular flexibility index (Phi) is 3.83. The number of nitrogens with one attached hydrogen (secondary N) is 1. The summed E-state index contributed by atoms with van der Waals surface area (Å²) in [5.41, 5.74) is 2.96. The Morgan fingerprint density at radius 3 is 2.95 bits per heavy atom. The Morgan fingerprint density at radius 1 is 1.38 bits per heavy atom. The molecule has 3 rings (SSSR count). The van der Waals surface area contributed by atoms with E-state index >= 15 is 0 Å². The molecule has 21 heavy (non-hydrogen) atoms. The van der Waals surface area contributed by atoms with Crippen molar-refractivity contribution in [1.29, 1.82) is 0 Å². The number of carbonyl (C=O) groups excluding carboxylic acids is 1. The highest BCUT2D eigenvalue weighted by Gasteiger charge is 2.11. The predicted octanol–water partition coefficient (Wildman–Crippen LogP) is 2.91. The van der Waals surface area contributed by atoms with Crippen LogP contribution < -0.4 is 5.32 Å². The number of nitrogens with zero attached hydrogens (tertiary/aromatic N) is 2. The number of carbonyl (C=O) groups is 1. The molecule has 1 aromatic carbocycles. The summed E-state index contributed by atoms with van der Waals surface area (Å²) < 4.78 is 1.99. The molecule has 0 radical (unpaired) electrons. The molecular weight excluding hydrogens is 282 g/mol. The third kappa shape index (κ3) is 2.87. The van der Waals surface area contributed by atoms with Crippen LogP contribution in [0.3, 0.4) is 0 Å². The van der Waals surface area contributed by atoms with Gasteiger partial charge in [-0.25, -0.2) is 4.98 Å². The Balaban J connectivity index is 1.86. The van der Waals surface area contributed by atoms with Crippen molar-refractivity contribution in [1.82, 2.24) is 14.7 Å². The van der Waals surface area contributed by atoms with Gasteiger partial charge >= 0.3 is 0 Å². The smallest absolute Gasteiger partial charge is 0.226 e. The van der Waals surface area contributed by atoms with Crippen molar-refractivity contribution >= 4 is 22.2 Å². The molecule has 3 aromatic rings. The second kappa shape index (κ2) is 5.93. The summed E-state index contributed by atoms with van der Waals surface area (Å²) >= 11 is 1.55. The average Bonchev–Trinajstić information content (AvgIpc) is 3.08. The molecule has 0 aliphatic carbocycles. The van der Waals surface area contributed by atoms with E-state index in [4.69, 9.17) is 0 Å². The van der Waals surface area contributed by atoms with E-state index in [9.17, 15) is 4.79 Å². The maximum absolute atomic E-state index is 11.8. The number of amides is 1. The Labute approximate surface area is 126 Å². The van der Waals surface area contributed by atoms with Crippen molar-refractivity contribution < 1.29 is 4.79 Å². The van der Waals surface area contributed by atoms with E-state index in [-0.39, 0.29) is 5.91 Å². The highest BCUT2D eigenvalue weighted by Crippen LogP contribution is 2.23. The number of hydrogen-bond acceptors (Lipinski definition) is 3. The van der Waals surface area contributed by atoms with Gasteiger partial charge in [-0.1, -0.05) is 36.4 Å². The third-order valence-electron chi connectivity index (χ3n) is 3.14. The summed E-state index contributed by atoms with van der Waals surface area (Å²) in [6, 6.07) is 10.0. The van der Waals surface area contributed by atoms with Gasteiger partial charge in [0, 0.05) is 29.4 Å². The zero-order valence-corrected chi connectivity index (χ0v) is 12.3. The lowest BCUT2D eigenvalue weighted by molar-refractivity contribution is -0.120. The highest BCUT2D eigenvalue weighted by atomic mass is 32.1. The van der Waals surface area contributed by atoms with Crippen LogP contribution in [0.25, 0.3) is 16.2 Å². The van der Waals surface area contributed by atoms with Crippen LogP contribution in [0, 0.1) is 0 Å². The van der Waals surface area contributed by atoms with Gasteiger partial charge in [-0.15, -0.1) is 17.9 Å². The first-order chi connectivity index (χ1) is 10.3. The molecule has 1 N–H and O–H groups in total. The van der Waals surface area contributed by atoms with Crippen LogP contribution in [-0.2, 0) is 11.2 Å². The van der Waals surface area contributed by atoms with Gasteiger partial charge in [0.1, 0.15) is 0 Å². The number of hydrogen-bond donors (Lipinski definition) is 1. The van der Waals surface area contributed by atoms with E-state index in [0.29, 0.717) is 13.0 Å². The van der Waals surface area contributed by atoms with E-state index in [0.717, 1.165) is 21.9 Å². The number of rotatable bonds is 5. The van der Waals surface area contributed by atoms with Gasteiger partial charge in [-0.2, -0.15) is 0 Å². The van der Waals surface area contributed by atoms with Crippen LogP contribution in [0.1, 0.15) is 5.69 Å². The zero-order chi connectivity index (χ0) is 14.7. The first-order valence-electron chi connectivity index (χ1n) is 6.66. The number of benzene rings is 1. The third-order valence-corrected chi connectivity index (χ3v) is 4.03.